The summed E-state index contributed by atoms with van der Waals surface area (Å²) in [5.41, 5.74) is 1.20. The Morgan fingerprint density at radius 3 is 2.94 bits per heavy atom. The first-order valence-corrected chi connectivity index (χ1v) is 6.67. The lowest BCUT2D eigenvalue weighted by Gasteiger charge is -2.16. The molecule has 1 heterocycles. The lowest BCUT2D eigenvalue weighted by molar-refractivity contribution is 0.257. The van der Waals surface area contributed by atoms with Gasteiger partial charge >= 0.3 is 0 Å². The van der Waals surface area contributed by atoms with Gasteiger partial charge in [0.25, 0.3) is 0 Å². The van der Waals surface area contributed by atoms with E-state index in [0.29, 0.717) is 11.8 Å². The van der Waals surface area contributed by atoms with Crippen LogP contribution < -0.4 is 10.1 Å². The van der Waals surface area contributed by atoms with Crippen LogP contribution in [-0.4, -0.2) is 19.7 Å². The van der Waals surface area contributed by atoms with Crippen LogP contribution in [0, 0.1) is 5.92 Å². The van der Waals surface area contributed by atoms with Crippen LogP contribution in [0.5, 0.6) is 5.75 Å². The SMILES string of the molecule is CC(C)c1cc(Cl)ccc1OCC1CCNC1. The summed E-state index contributed by atoms with van der Waals surface area (Å²) in [7, 11) is 0. The molecule has 1 fully saturated rings. The lowest BCUT2D eigenvalue weighted by atomic mass is 10.0. The molecule has 1 aromatic rings. The number of benzene rings is 1. The van der Waals surface area contributed by atoms with Gasteiger partial charge < -0.3 is 10.1 Å². The van der Waals surface area contributed by atoms with Gasteiger partial charge in [-0.25, -0.2) is 0 Å². The van der Waals surface area contributed by atoms with Crippen molar-refractivity contribution in [3.63, 3.8) is 0 Å². The maximum absolute atomic E-state index is 6.02. The highest BCUT2D eigenvalue weighted by molar-refractivity contribution is 6.30. The van der Waals surface area contributed by atoms with Crippen molar-refractivity contribution >= 4 is 11.6 Å². The lowest BCUT2D eigenvalue weighted by Crippen LogP contribution is -2.16. The first-order chi connectivity index (χ1) is 8.16. The summed E-state index contributed by atoms with van der Waals surface area (Å²) in [4.78, 5) is 0. The van der Waals surface area contributed by atoms with E-state index in [4.69, 9.17) is 16.3 Å². The van der Waals surface area contributed by atoms with E-state index >= 15 is 0 Å². The third-order valence-corrected chi connectivity index (χ3v) is 3.47. The number of halogens is 1. The molecule has 1 unspecified atom stereocenters. The molecule has 0 aromatic heterocycles. The van der Waals surface area contributed by atoms with Crippen molar-refractivity contribution in [1.82, 2.24) is 5.32 Å². The number of hydrogen-bond acceptors (Lipinski definition) is 2. The van der Waals surface area contributed by atoms with Crippen LogP contribution in [0.1, 0.15) is 31.7 Å². The van der Waals surface area contributed by atoms with Gasteiger partial charge in [-0.15, -0.1) is 0 Å². The van der Waals surface area contributed by atoms with Gasteiger partial charge in [0.05, 0.1) is 6.61 Å². The maximum atomic E-state index is 6.02. The van der Waals surface area contributed by atoms with Crippen LogP contribution in [0.3, 0.4) is 0 Å². The van der Waals surface area contributed by atoms with Crippen molar-refractivity contribution in [3.05, 3.63) is 28.8 Å². The predicted molar refractivity (Wildman–Crippen MR) is 72.0 cm³/mol. The molecule has 0 amide bonds. The Labute approximate surface area is 108 Å². The molecular formula is C14H20ClNO. The fraction of sp³-hybridized carbons (Fsp3) is 0.571. The zero-order valence-corrected chi connectivity index (χ0v) is 11.3. The third kappa shape index (κ3) is 3.36. The molecule has 1 saturated heterocycles. The zero-order valence-electron chi connectivity index (χ0n) is 10.5. The minimum atomic E-state index is 0.436. The average molecular weight is 254 g/mol. The van der Waals surface area contributed by atoms with E-state index in [0.717, 1.165) is 30.5 Å². The minimum Gasteiger partial charge on any atom is -0.493 e. The first kappa shape index (κ1) is 12.7. The second-order valence-electron chi connectivity index (χ2n) is 5.01. The summed E-state index contributed by atoms with van der Waals surface area (Å²) in [5.74, 6) is 2.06. The molecule has 1 aromatic carbocycles. The summed E-state index contributed by atoms with van der Waals surface area (Å²) in [6, 6.07) is 5.89. The molecule has 94 valence electrons. The van der Waals surface area contributed by atoms with E-state index < -0.39 is 0 Å². The molecule has 1 N–H and O–H groups in total. The number of nitrogens with one attached hydrogen (secondary N) is 1. The van der Waals surface area contributed by atoms with Gasteiger partial charge in [-0.2, -0.15) is 0 Å². The van der Waals surface area contributed by atoms with Crippen LogP contribution in [0.15, 0.2) is 18.2 Å². The summed E-state index contributed by atoms with van der Waals surface area (Å²) in [6.45, 7) is 7.32. The van der Waals surface area contributed by atoms with Gasteiger partial charge in [-0.05, 0) is 42.6 Å². The maximum Gasteiger partial charge on any atom is 0.122 e. The van der Waals surface area contributed by atoms with Crippen molar-refractivity contribution in [2.75, 3.05) is 19.7 Å². The Hall–Kier alpha value is -0.730. The minimum absolute atomic E-state index is 0.436. The highest BCUT2D eigenvalue weighted by Gasteiger charge is 2.16. The highest BCUT2D eigenvalue weighted by Crippen LogP contribution is 2.29. The van der Waals surface area contributed by atoms with Crippen molar-refractivity contribution < 1.29 is 4.74 Å². The molecule has 1 aliphatic rings. The quantitative estimate of drug-likeness (QED) is 0.888. The molecule has 0 spiro atoms. The van der Waals surface area contributed by atoms with Gasteiger partial charge in [-0.1, -0.05) is 25.4 Å². The van der Waals surface area contributed by atoms with E-state index in [2.05, 4.69) is 19.2 Å². The molecule has 0 radical (unpaired) electrons. The monoisotopic (exact) mass is 253 g/mol. The van der Waals surface area contributed by atoms with E-state index in [1.807, 2.05) is 18.2 Å². The van der Waals surface area contributed by atoms with Crippen LogP contribution in [0.4, 0.5) is 0 Å². The molecule has 17 heavy (non-hydrogen) atoms. The second kappa shape index (κ2) is 5.74. The second-order valence-corrected chi connectivity index (χ2v) is 5.44. The fourth-order valence-corrected chi connectivity index (χ4v) is 2.35. The Kier molecular flexibility index (Phi) is 4.30. The van der Waals surface area contributed by atoms with Crippen LogP contribution >= 0.6 is 11.6 Å². The molecule has 1 aliphatic heterocycles. The average Bonchev–Trinajstić information content (AvgIpc) is 2.80. The van der Waals surface area contributed by atoms with Gasteiger partial charge in [0, 0.05) is 17.5 Å². The van der Waals surface area contributed by atoms with Crippen LogP contribution in [0.25, 0.3) is 0 Å². The molecule has 3 heteroatoms. The van der Waals surface area contributed by atoms with Crippen molar-refractivity contribution in [2.24, 2.45) is 5.92 Å². The third-order valence-electron chi connectivity index (χ3n) is 3.23. The molecule has 1 atom stereocenters. The summed E-state index contributed by atoms with van der Waals surface area (Å²) in [6.07, 6.45) is 1.21. The molecule has 0 aliphatic carbocycles. The largest absolute Gasteiger partial charge is 0.493 e. The van der Waals surface area contributed by atoms with Crippen molar-refractivity contribution in [1.29, 1.82) is 0 Å². The van der Waals surface area contributed by atoms with E-state index in [1.165, 1.54) is 12.0 Å². The number of hydrogen-bond donors (Lipinski definition) is 1. The molecule has 2 rings (SSSR count). The van der Waals surface area contributed by atoms with Gasteiger partial charge in [-0.3, -0.25) is 0 Å². The van der Waals surface area contributed by atoms with Crippen LogP contribution in [0.2, 0.25) is 5.02 Å². The van der Waals surface area contributed by atoms with Gasteiger partial charge in [0.15, 0.2) is 0 Å². The standard InChI is InChI=1S/C14H20ClNO/c1-10(2)13-7-12(15)3-4-14(13)17-9-11-5-6-16-8-11/h3-4,7,10-11,16H,5-6,8-9H2,1-2H3. The Morgan fingerprint density at radius 2 is 2.29 bits per heavy atom. The highest BCUT2D eigenvalue weighted by atomic mass is 35.5. The Balaban J connectivity index is 2.03. The Morgan fingerprint density at radius 1 is 1.47 bits per heavy atom. The normalized spacial score (nSPS) is 19.9. The molecule has 0 saturated carbocycles. The first-order valence-electron chi connectivity index (χ1n) is 6.30. The van der Waals surface area contributed by atoms with Crippen LogP contribution in [-0.2, 0) is 0 Å². The predicted octanol–water partition coefficient (Wildman–Crippen LogP) is 3.45. The topological polar surface area (TPSA) is 21.3 Å². The molecular weight excluding hydrogens is 234 g/mol. The van der Waals surface area contributed by atoms with E-state index in [1.54, 1.807) is 0 Å². The zero-order chi connectivity index (χ0) is 12.3. The number of rotatable bonds is 4. The molecule has 0 bridgehead atoms. The van der Waals surface area contributed by atoms with Gasteiger partial charge in [0.2, 0.25) is 0 Å². The fourth-order valence-electron chi connectivity index (χ4n) is 2.17. The van der Waals surface area contributed by atoms with Crippen molar-refractivity contribution in [3.8, 4) is 5.75 Å². The number of ether oxygens (including phenoxy) is 1. The molecule has 2 nitrogen and oxygen atoms in total. The van der Waals surface area contributed by atoms with E-state index in [9.17, 15) is 0 Å². The van der Waals surface area contributed by atoms with Gasteiger partial charge in [0.1, 0.15) is 5.75 Å². The summed E-state index contributed by atoms with van der Waals surface area (Å²) >= 11 is 6.02. The Bertz CT molecular complexity index is 372. The summed E-state index contributed by atoms with van der Waals surface area (Å²) < 4.78 is 5.94. The van der Waals surface area contributed by atoms with Crippen molar-refractivity contribution in [2.45, 2.75) is 26.2 Å². The van der Waals surface area contributed by atoms with E-state index in [-0.39, 0.29) is 0 Å². The summed E-state index contributed by atoms with van der Waals surface area (Å²) in [5, 5.41) is 4.14. The smallest absolute Gasteiger partial charge is 0.122 e.